The summed E-state index contributed by atoms with van der Waals surface area (Å²) in [7, 11) is -2.07. The molecule has 5 N–H and O–H groups in total. The van der Waals surface area contributed by atoms with Gasteiger partial charge in [-0.15, -0.1) is 0 Å². The lowest BCUT2D eigenvalue weighted by Crippen LogP contribution is -2.52. The van der Waals surface area contributed by atoms with E-state index in [0.717, 1.165) is 60.1 Å². The van der Waals surface area contributed by atoms with Crippen LogP contribution in [-0.4, -0.2) is 120 Å². The highest BCUT2D eigenvalue weighted by Crippen LogP contribution is 2.45. The van der Waals surface area contributed by atoms with Crippen LogP contribution in [0.25, 0.3) is 22.0 Å². The van der Waals surface area contributed by atoms with Crippen LogP contribution in [0.15, 0.2) is 53.5 Å². The van der Waals surface area contributed by atoms with Crippen molar-refractivity contribution >= 4 is 73.7 Å². The number of hydrogen-bond donors (Lipinski definition) is 5. The van der Waals surface area contributed by atoms with E-state index in [-0.39, 0.29) is 91.7 Å². The number of anilines is 1. The number of carbonyl (C=O) groups excluding carboxylic acids is 8. The number of rotatable bonds is 19. The van der Waals surface area contributed by atoms with Crippen molar-refractivity contribution in [3.05, 3.63) is 98.1 Å². The maximum atomic E-state index is 14.2. The normalized spacial score (nSPS) is 17.4. The highest BCUT2D eigenvalue weighted by atomic mass is 32.2. The Balaban J connectivity index is 0.892. The van der Waals surface area contributed by atoms with Gasteiger partial charge in [0.05, 0.1) is 5.75 Å². The molecular formula is C50H55N9O11S. The SMILES string of the molecule is Cn1cc2c3c(c(C(=O)NCCNC(=O)CCN4C(=O)C=CC4=O)[nH]c3c1=O)CN(CC1CC1)c1cc(C(=O)NCCCCCc3cccc4c3CN(C3CCC(=O)NC3=O)C4=O)c(CS(C)(=O)=O)cc1-2. The number of fused-ring (bicyclic) bond motifs is 3. The van der Waals surface area contributed by atoms with E-state index in [1.165, 1.54) is 9.47 Å². The Morgan fingerprint density at radius 1 is 0.803 bits per heavy atom. The van der Waals surface area contributed by atoms with E-state index in [0.29, 0.717) is 65.2 Å². The second-order valence-electron chi connectivity index (χ2n) is 19.0. The Morgan fingerprint density at radius 2 is 1.55 bits per heavy atom. The molecule has 2 aromatic heterocycles. The number of nitrogens with zero attached hydrogens (tertiary/aromatic N) is 4. The number of pyridine rings is 1. The van der Waals surface area contributed by atoms with Gasteiger partial charge in [-0.3, -0.25) is 53.4 Å². The van der Waals surface area contributed by atoms with Crippen LogP contribution in [0.2, 0.25) is 0 Å². The Morgan fingerprint density at radius 3 is 2.28 bits per heavy atom. The molecule has 0 bridgehead atoms. The van der Waals surface area contributed by atoms with Crippen molar-refractivity contribution < 1.29 is 46.8 Å². The van der Waals surface area contributed by atoms with Crippen LogP contribution in [0.5, 0.6) is 0 Å². The fourth-order valence-corrected chi connectivity index (χ4v) is 10.8. The first kappa shape index (κ1) is 48.6. The fraction of sp³-hybridized carbons (Fsp3) is 0.420. The number of unbranched alkanes of at least 4 members (excludes halogenated alkanes) is 2. The third-order valence-electron chi connectivity index (χ3n) is 13.8. The lowest BCUT2D eigenvalue weighted by atomic mass is 9.95. The first-order valence-corrected chi connectivity index (χ1v) is 26.0. The maximum absolute atomic E-state index is 14.2. The van der Waals surface area contributed by atoms with Gasteiger partial charge in [-0.1, -0.05) is 18.6 Å². The van der Waals surface area contributed by atoms with Crippen molar-refractivity contribution in [1.29, 1.82) is 0 Å². The van der Waals surface area contributed by atoms with E-state index in [9.17, 15) is 51.6 Å². The maximum Gasteiger partial charge on any atom is 0.274 e. The van der Waals surface area contributed by atoms with Crippen molar-refractivity contribution in [2.45, 2.75) is 82.7 Å². The molecule has 5 aliphatic rings. The zero-order valence-electron chi connectivity index (χ0n) is 39.5. The lowest BCUT2D eigenvalue weighted by molar-refractivity contribution is -0.138. The van der Waals surface area contributed by atoms with Crippen LogP contribution in [0.3, 0.4) is 0 Å². The van der Waals surface area contributed by atoms with Gasteiger partial charge in [0.15, 0.2) is 9.84 Å². The predicted molar refractivity (Wildman–Crippen MR) is 259 cm³/mol. The largest absolute Gasteiger partial charge is 0.366 e. The van der Waals surface area contributed by atoms with Gasteiger partial charge in [-0.05, 0) is 79.3 Å². The number of sulfone groups is 1. The number of H-pyrrole nitrogens is 1. The minimum atomic E-state index is -3.66. The van der Waals surface area contributed by atoms with E-state index in [1.54, 1.807) is 31.4 Å². The topological polar surface area (TPSA) is 266 Å². The van der Waals surface area contributed by atoms with E-state index in [1.807, 2.05) is 12.1 Å². The second-order valence-corrected chi connectivity index (χ2v) is 21.2. The van der Waals surface area contributed by atoms with Crippen molar-refractivity contribution in [2.75, 3.05) is 43.9 Å². The number of piperidine rings is 1. The standard InChI is InChI=1S/C50H55N9O11S/c1-56-24-35-33-21-30(27-71(2,69)70)32(46(64)52-17-5-3-4-7-29-8-6-9-31-34(29)26-59(49(31)67)37-12-13-40(61)54-47(37)65)22-38(33)57(23-28-10-11-28)25-36-43(35)45(50(56)68)55-44(36)48(66)53-19-18-51-39(60)16-20-58-41(62)14-15-42(58)63/h6,8-9,14-15,21-22,24,28,37,55H,3-5,7,10-13,16-20,23,25-27H2,1-2H3,(H,51,60)(H,52,64)(H,53,66)(H,54,61,65). The Hall–Kier alpha value is -7.42. The van der Waals surface area contributed by atoms with Crippen LogP contribution in [-0.2, 0) is 66.1 Å². The van der Waals surface area contributed by atoms with E-state index in [4.69, 9.17) is 0 Å². The van der Waals surface area contributed by atoms with Crippen molar-refractivity contribution in [2.24, 2.45) is 13.0 Å². The summed E-state index contributed by atoms with van der Waals surface area (Å²) in [4.78, 5) is 123. The summed E-state index contributed by atoms with van der Waals surface area (Å²) < 4.78 is 27.3. The number of carbonyl (C=O) groups is 8. The van der Waals surface area contributed by atoms with Crippen molar-refractivity contribution in [1.82, 2.24) is 40.6 Å². The van der Waals surface area contributed by atoms with Crippen LogP contribution >= 0.6 is 0 Å². The minimum absolute atomic E-state index is 0.0245. The molecule has 2 fully saturated rings. The van der Waals surface area contributed by atoms with Crippen molar-refractivity contribution in [3.8, 4) is 11.1 Å². The number of benzene rings is 2. The van der Waals surface area contributed by atoms with Gasteiger partial charge in [-0.25, -0.2) is 8.42 Å². The average Bonchev–Trinajstić information content (AvgIpc) is 3.89. The summed E-state index contributed by atoms with van der Waals surface area (Å²) >= 11 is 0. The Kier molecular flexibility index (Phi) is 13.5. The number of aromatic amines is 1. The molecule has 6 heterocycles. The molecule has 21 heteroatoms. The zero-order valence-corrected chi connectivity index (χ0v) is 40.3. The smallest absolute Gasteiger partial charge is 0.274 e. The average molecular weight is 990 g/mol. The molecule has 0 radical (unpaired) electrons. The Labute approximate surface area is 408 Å². The van der Waals surface area contributed by atoms with Crippen LogP contribution < -0.4 is 31.7 Å². The molecule has 2 aromatic carbocycles. The number of nitrogens with one attached hydrogen (secondary N) is 5. The third-order valence-corrected chi connectivity index (χ3v) is 14.6. The first-order chi connectivity index (χ1) is 33.9. The monoisotopic (exact) mass is 989 g/mol. The minimum Gasteiger partial charge on any atom is -0.366 e. The number of hydrogen-bond acceptors (Lipinski definition) is 12. The van der Waals surface area contributed by atoms with Gasteiger partial charge in [-0.2, -0.15) is 0 Å². The fourth-order valence-electron chi connectivity index (χ4n) is 10.0. The molecule has 20 nitrogen and oxygen atoms in total. The van der Waals surface area contributed by atoms with Gasteiger partial charge >= 0.3 is 0 Å². The highest BCUT2D eigenvalue weighted by Gasteiger charge is 2.40. The molecule has 4 aliphatic heterocycles. The van der Waals surface area contributed by atoms with Gasteiger partial charge < -0.3 is 35.3 Å². The second kappa shape index (κ2) is 19.8. The van der Waals surface area contributed by atoms with E-state index >= 15 is 0 Å². The van der Waals surface area contributed by atoms with Crippen LogP contribution in [0, 0.1) is 5.92 Å². The molecule has 4 aromatic rings. The van der Waals surface area contributed by atoms with Gasteiger partial charge in [0.2, 0.25) is 17.7 Å². The summed E-state index contributed by atoms with van der Waals surface area (Å²) in [6, 6.07) is 8.30. The molecule has 1 saturated carbocycles. The van der Waals surface area contributed by atoms with Gasteiger partial charge in [0, 0.05) is 129 Å². The molecule has 1 atom stereocenters. The predicted octanol–water partition coefficient (Wildman–Crippen LogP) is 1.87. The lowest BCUT2D eigenvalue weighted by Gasteiger charge is -2.29. The summed E-state index contributed by atoms with van der Waals surface area (Å²) in [5.41, 5.74) is 5.26. The van der Waals surface area contributed by atoms with E-state index < -0.39 is 57.1 Å². The molecule has 9 rings (SSSR count). The summed E-state index contributed by atoms with van der Waals surface area (Å²) in [6.45, 7) is 1.35. The summed E-state index contributed by atoms with van der Waals surface area (Å²) in [6.07, 6.45) is 10.1. The molecule has 0 spiro atoms. The molecule has 1 aliphatic carbocycles. The number of aryl methyl sites for hydroxylation is 2. The zero-order chi connectivity index (χ0) is 50.3. The van der Waals surface area contributed by atoms with Crippen LogP contribution in [0.4, 0.5) is 5.69 Å². The van der Waals surface area contributed by atoms with E-state index in [2.05, 4.69) is 31.2 Å². The quantitative estimate of drug-likeness (QED) is 0.0666. The first-order valence-electron chi connectivity index (χ1n) is 23.9. The highest BCUT2D eigenvalue weighted by molar-refractivity contribution is 7.89. The van der Waals surface area contributed by atoms with Crippen molar-refractivity contribution in [3.63, 3.8) is 0 Å². The summed E-state index contributed by atoms with van der Waals surface area (Å²) in [5.74, 6) is -3.48. The molecule has 8 amide bonds. The molecule has 1 saturated heterocycles. The number of aromatic nitrogens is 2. The molecular weight excluding hydrogens is 935 g/mol. The van der Waals surface area contributed by atoms with Gasteiger partial charge in [0.1, 0.15) is 17.3 Å². The molecule has 1 unspecified atom stereocenters. The molecule has 71 heavy (non-hydrogen) atoms. The number of amides is 8. The Bertz CT molecular complexity index is 3130. The van der Waals surface area contributed by atoms with Crippen LogP contribution in [0.1, 0.15) is 105 Å². The number of imide groups is 2. The molecule has 372 valence electrons. The third kappa shape index (κ3) is 10.3. The summed E-state index contributed by atoms with van der Waals surface area (Å²) in [5, 5.41) is 11.4. The van der Waals surface area contributed by atoms with Gasteiger partial charge in [0.25, 0.3) is 35.1 Å².